The van der Waals surface area contributed by atoms with Crippen molar-refractivity contribution in [3.8, 4) is 80.1 Å². The molecule has 7 heterocycles. The molecule has 8 amide bonds. The second-order valence-corrected chi connectivity index (χ2v) is 30.2. The van der Waals surface area contributed by atoms with Crippen molar-refractivity contribution in [1.82, 2.24) is 52.8 Å². The number of nitrogens with zero attached hydrogens (tertiary/aromatic N) is 1. The first-order chi connectivity index (χ1) is 56.0. The number of fused-ring (bicyclic) bond motifs is 14. The van der Waals surface area contributed by atoms with E-state index >= 15 is 24.0 Å². The van der Waals surface area contributed by atoms with Crippen molar-refractivity contribution in [3.63, 3.8) is 0 Å². The zero-order valence-corrected chi connectivity index (χ0v) is 65.3. The predicted molar refractivity (Wildman–Crippen MR) is 419 cm³/mol. The lowest BCUT2D eigenvalue weighted by Crippen LogP contribution is -2.66. The van der Waals surface area contributed by atoms with E-state index in [1.54, 1.807) is 14.1 Å². The van der Waals surface area contributed by atoms with E-state index in [0.29, 0.717) is 31.4 Å². The molecule has 14 rings (SSSR count). The van der Waals surface area contributed by atoms with Gasteiger partial charge in [0.25, 0.3) is 0 Å². The Hall–Kier alpha value is -11.7. The number of carboxylic acid groups (broad SMARTS) is 1. The number of carboxylic acids is 1. The van der Waals surface area contributed by atoms with Gasteiger partial charge in [0, 0.05) is 48.2 Å². The summed E-state index contributed by atoms with van der Waals surface area (Å²) in [5, 5.41) is 128. The van der Waals surface area contributed by atoms with Crippen LogP contribution in [0.4, 0.5) is 0 Å². The van der Waals surface area contributed by atoms with Crippen LogP contribution in [0.25, 0.3) is 11.1 Å². The molecule has 0 saturated carbocycles. The molecule has 0 aromatic heterocycles. The molecule has 1 fully saturated rings. The van der Waals surface area contributed by atoms with Gasteiger partial charge in [-0.25, -0.2) is 4.79 Å². The molecule has 17 bridgehead atoms. The smallest absolute Gasteiger partial charge is 0.335 e. The molecule has 7 aliphatic rings. The standard InChI is InChI=1S/C82H90Cl2N10O23/c1-5-6-7-8-9-10-11-12-13-15-59(100)88-68-70(102)71(103)73(81(111)112)117-82(68)116-72-57-32-42-33-58(72)115-55-25-20-41(30-49(55)83)69(101)67-80(110)92-65(75(105)86-26-14-27-94(3)4)47-34-43(95)35-53(98)60(47)46-29-39(18-23-51(46)96)63(77(107)93-67)89-78(108)64(42)90-79(109)66-48-36-45(37-54(99)61(48)84)114-56-31-40(19-24-52(56)97)62(85-2)76(106)87-50(74(104)91-66)28-38-16-21-44(113-57)22-17-38/h16-25,29-37,50,62-71,73,82,85,95-99,101-103H,5-15,26-28H2,1-4H3,(H,86,105)(H,87,106)(H,88,100)(H,89,108)(H,90,109)(H,91,104)(H,92,110)(H,93,107)(H,111,112)/t50-,62+,63-,64-,65+,66+,67+,68-,69-,70-,71+,73+,82-/m1/s1. The molecule has 1 saturated heterocycles. The second-order valence-electron chi connectivity index (χ2n) is 29.4. The summed E-state index contributed by atoms with van der Waals surface area (Å²) in [4.78, 5) is 138. The fraction of sp³-hybridized carbons (Fsp3) is 0.378. The fourth-order valence-electron chi connectivity index (χ4n) is 14.6. The number of aliphatic hydroxyl groups is 3. The first kappa shape index (κ1) is 84.7. The van der Waals surface area contributed by atoms with Gasteiger partial charge in [0.05, 0.1) is 10.0 Å². The van der Waals surface area contributed by atoms with Gasteiger partial charge in [-0.15, -0.1) is 0 Å². The first-order valence-electron chi connectivity index (χ1n) is 38.1. The minimum Gasteiger partial charge on any atom is -0.508 e. The van der Waals surface area contributed by atoms with Crippen molar-refractivity contribution >= 4 is 76.4 Å². The number of nitrogens with one attached hydrogen (secondary N) is 9. The number of benzene rings is 7. The number of hydrogen-bond donors (Lipinski definition) is 18. The lowest BCUT2D eigenvalue weighted by Gasteiger charge is -2.41. The molecule has 18 N–H and O–H groups in total. The third-order valence-electron chi connectivity index (χ3n) is 20.7. The molecule has 0 aliphatic carbocycles. The van der Waals surface area contributed by atoms with Crippen molar-refractivity contribution in [2.45, 2.75) is 163 Å². The molecule has 620 valence electrons. The molecule has 13 atom stereocenters. The molecular weight excluding hydrogens is 1560 g/mol. The number of phenolic OH excluding ortho intramolecular Hbond substituents is 5. The van der Waals surface area contributed by atoms with Crippen LogP contribution in [0.1, 0.15) is 153 Å². The van der Waals surface area contributed by atoms with Crippen LogP contribution in [0.3, 0.4) is 0 Å². The van der Waals surface area contributed by atoms with Gasteiger partial charge < -0.3 is 122 Å². The third kappa shape index (κ3) is 19.4. The van der Waals surface area contributed by atoms with Crippen LogP contribution < -0.4 is 66.8 Å². The van der Waals surface area contributed by atoms with Crippen LogP contribution in [0.5, 0.6) is 69.0 Å². The highest BCUT2D eigenvalue weighted by atomic mass is 35.5. The number of aromatic hydroxyl groups is 5. The number of aliphatic hydroxyl groups excluding tert-OH is 3. The summed E-state index contributed by atoms with van der Waals surface area (Å²) < 4.78 is 32.3. The number of amides is 8. The minimum atomic E-state index is -2.37. The van der Waals surface area contributed by atoms with Crippen molar-refractivity contribution < 1.29 is 113 Å². The fourth-order valence-corrected chi connectivity index (χ4v) is 15.0. The summed E-state index contributed by atoms with van der Waals surface area (Å²) in [6.07, 6.45) is -3.01. The molecule has 33 nitrogen and oxygen atoms in total. The molecule has 7 aromatic rings. The van der Waals surface area contributed by atoms with Crippen LogP contribution in [-0.4, -0.2) is 181 Å². The van der Waals surface area contributed by atoms with E-state index in [-0.39, 0.29) is 70.2 Å². The van der Waals surface area contributed by atoms with Gasteiger partial charge >= 0.3 is 5.97 Å². The van der Waals surface area contributed by atoms with E-state index in [0.717, 1.165) is 106 Å². The number of ether oxygens (including phenoxy) is 5. The second kappa shape index (κ2) is 37.1. The van der Waals surface area contributed by atoms with Crippen LogP contribution >= 0.6 is 23.2 Å². The van der Waals surface area contributed by atoms with Gasteiger partial charge in [-0.05, 0) is 147 Å². The number of halogens is 2. The minimum absolute atomic E-state index is 0.00110. The number of carbonyl (C=O) groups excluding carboxylic acids is 8. The van der Waals surface area contributed by atoms with Crippen LogP contribution in [0.15, 0.2) is 115 Å². The van der Waals surface area contributed by atoms with E-state index in [1.807, 2.05) is 4.90 Å². The average Bonchev–Trinajstić information content (AvgIpc) is 0.764. The molecule has 7 aliphatic heterocycles. The normalized spacial score (nSPS) is 23.1. The van der Waals surface area contributed by atoms with E-state index in [9.17, 15) is 65.1 Å². The monoisotopic (exact) mass is 1650 g/mol. The summed E-state index contributed by atoms with van der Waals surface area (Å²) in [5.74, 6) is -17.0. The number of likely N-dealkylation sites (N-methyl/N-ethyl adjacent to an activating group) is 1. The summed E-state index contributed by atoms with van der Waals surface area (Å²) in [6, 6.07) is 6.92. The lowest BCUT2D eigenvalue weighted by atomic mass is 9.89. The molecule has 7 aromatic carbocycles. The van der Waals surface area contributed by atoms with Gasteiger partial charge in [-0.2, -0.15) is 0 Å². The Morgan fingerprint density at radius 3 is 1.89 bits per heavy atom. The van der Waals surface area contributed by atoms with Crippen LogP contribution in [0, 0.1) is 0 Å². The quantitative estimate of drug-likeness (QED) is 0.0347. The first-order valence-corrected chi connectivity index (χ1v) is 38.9. The number of carbonyl (C=O) groups is 9. The van der Waals surface area contributed by atoms with E-state index in [2.05, 4.69) is 54.8 Å². The van der Waals surface area contributed by atoms with E-state index < -0.39 is 205 Å². The van der Waals surface area contributed by atoms with Crippen LogP contribution in [-0.2, 0) is 54.3 Å². The summed E-state index contributed by atoms with van der Waals surface area (Å²) in [7, 11) is 5.04. The Balaban J connectivity index is 1.08. The van der Waals surface area contributed by atoms with Crippen molar-refractivity contribution in [2.24, 2.45) is 0 Å². The lowest BCUT2D eigenvalue weighted by molar-refractivity contribution is -0.241. The van der Waals surface area contributed by atoms with E-state index in [4.69, 9.17) is 46.9 Å². The number of phenols is 5. The zero-order valence-electron chi connectivity index (χ0n) is 63.8. The number of hydrogen-bond acceptors (Lipinski definition) is 24. The summed E-state index contributed by atoms with van der Waals surface area (Å²) in [6.45, 7) is 2.60. The Kier molecular flexibility index (Phi) is 26.8. The highest BCUT2D eigenvalue weighted by Gasteiger charge is 2.51. The highest BCUT2D eigenvalue weighted by Crippen LogP contribution is 2.50. The zero-order chi connectivity index (χ0) is 83.8. The van der Waals surface area contributed by atoms with Gasteiger partial charge in [-0.3, -0.25) is 38.4 Å². The Morgan fingerprint density at radius 1 is 0.564 bits per heavy atom. The summed E-state index contributed by atoms with van der Waals surface area (Å²) >= 11 is 14.2. The highest BCUT2D eigenvalue weighted by molar-refractivity contribution is 6.33. The van der Waals surface area contributed by atoms with Crippen molar-refractivity contribution in [3.05, 3.63) is 164 Å². The maximum absolute atomic E-state index is 16.6. The van der Waals surface area contributed by atoms with E-state index in [1.165, 1.54) is 61.6 Å². The molecule has 0 unspecified atom stereocenters. The molecular formula is C82H90Cl2N10O23. The maximum atomic E-state index is 16.6. The summed E-state index contributed by atoms with van der Waals surface area (Å²) in [5.41, 5.74) is -2.05. The topological polar surface area (TPSA) is 493 Å². The Labute approximate surface area is 680 Å². The number of aliphatic carboxylic acids is 1. The van der Waals surface area contributed by atoms with Gasteiger partial charge in [0.2, 0.25) is 59.3 Å². The van der Waals surface area contributed by atoms with Crippen molar-refractivity contribution in [2.75, 3.05) is 34.2 Å². The average molecular weight is 1650 g/mol. The van der Waals surface area contributed by atoms with Gasteiger partial charge in [0.15, 0.2) is 29.1 Å². The largest absolute Gasteiger partial charge is 0.508 e. The third-order valence-corrected chi connectivity index (χ3v) is 21.4. The SMILES string of the molecule is CCCCCCCCCCCC(=O)N[C@H]1[C@H](Oc2c3cc4cc2Oc2ccc(cc2Cl)[C@@H](O)[C@@H]2NC(=O)[C@H](NC(=O)[C@@H]4NC(=O)[C@H]4NC(=O)[C@@H](Cc5ccc(cc5)O3)NC(=O)[C@@H](NC)c3ccc(O)c(c3)Oc3cc(O)c(Cl)c4c3)c3ccc(O)c(c3)-c3c(O)cc(O)cc3[C@@H](C(=O)NCCCN(C)C)NC2=O)O[C@H](C(=O)O)[C@@H](O)[C@@H]1O. The molecule has 0 spiro atoms. The number of rotatable bonds is 20. The number of unbranched alkanes of at least 4 members (excludes halogenated alkanes) is 8. The van der Waals surface area contributed by atoms with Gasteiger partial charge in [-0.1, -0.05) is 112 Å². The van der Waals surface area contributed by atoms with Gasteiger partial charge in [0.1, 0.15) is 107 Å². The predicted octanol–water partition coefficient (Wildman–Crippen LogP) is 6.84. The molecule has 117 heavy (non-hydrogen) atoms. The molecule has 0 radical (unpaired) electrons. The Morgan fingerprint density at radius 2 is 1.20 bits per heavy atom. The van der Waals surface area contributed by atoms with Crippen LogP contribution in [0.2, 0.25) is 10.0 Å². The molecule has 35 heteroatoms. The van der Waals surface area contributed by atoms with Crippen molar-refractivity contribution in [1.29, 1.82) is 0 Å². The maximum Gasteiger partial charge on any atom is 0.335 e. The Bertz CT molecular complexity index is 4960.